The number of hydrogen-bond acceptors (Lipinski definition) is 5. The second-order valence-electron chi connectivity index (χ2n) is 5.94. The molecule has 0 aliphatic carbocycles. The number of nitrogens with one attached hydrogen (secondary N) is 2. The van der Waals surface area contributed by atoms with Gasteiger partial charge in [0.15, 0.2) is 0 Å². The summed E-state index contributed by atoms with van der Waals surface area (Å²) in [4.78, 5) is 27.4. The Morgan fingerprint density at radius 1 is 1.15 bits per heavy atom. The summed E-state index contributed by atoms with van der Waals surface area (Å²) in [6.45, 7) is 2.91. The number of nitrogens with zero attached hydrogens (tertiary/aromatic N) is 1. The topological polar surface area (TPSA) is 70.7 Å². The summed E-state index contributed by atoms with van der Waals surface area (Å²) in [6, 6.07) is 11.0. The fraction of sp³-hybridized carbons (Fsp3) is 0.368. The van der Waals surface area contributed by atoms with E-state index >= 15 is 0 Å². The van der Waals surface area contributed by atoms with Crippen molar-refractivity contribution >= 4 is 23.2 Å². The summed E-state index contributed by atoms with van der Waals surface area (Å²) in [5.74, 6) is 0.211. The Morgan fingerprint density at radius 2 is 1.88 bits per heavy atom. The molecule has 2 N–H and O–H groups in total. The lowest BCUT2D eigenvalue weighted by Crippen LogP contribution is -2.40. The molecular weight excluding hydrogens is 350 g/mol. The van der Waals surface area contributed by atoms with Gasteiger partial charge >= 0.3 is 0 Å². The highest BCUT2D eigenvalue weighted by molar-refractivity contribution is 7.10. The molecule has 0 fully saturated rings. The van der Waals surface area contributed by atoms with E-state index in [4.69, 9.17) is 4.74 Å². The quantitative estimate of drug-likeness (QED) is 0.706. The van der Waals surface area contributed by atoms with Gasteiger partial charge in [-0.2, -0.15) is 0 Å². The minimum absolute atomic E-state index is 0.0589. The van der Waals surface area contributed by atoms with Gasteiger partial charge in [0.2, 0.25) is 5.91 Å². The van der Waals surface area contributed by atoms with E-state index in [9.17, 15) is 9.59 Å². The maximum Gasteiger partial charge on any atom is 0.251 e. The molecule has 2 rings (SSSR count). The minimum atomic E-state index is -0.286. The van der Waals surface area contributed by atoms with Crippen molar-refractivity contribution in [2.75, 3.05) is 33.8 Å². The van der Waals surface area contributed by atoms with E-state index in [-0.39, 0.29) is 24.4 Å². The molecule has 6 nitrogen and oxygen atoms in total. The van der Waals surface area contributed by atoms with E-state index in [1.807, 2.05) is 32.5 Å². The smallest absolute Gasteiger partial charge is 0.251 e. The first-order valence-corrected chi connectivity index (χ1v) is 9.36. The van der Waals surface area contributed by atoms with Crippen LogP contribution in [0, 0.1) is 0 Å². The lowest BCUT2D eigenvalue weighted by molar-refractivity contribution is -0.120. The average Bonchev–Trinajstić information content (AvgIpc) is 3.15. The van der Waals surface area contributed by atoms with Crippen LogP contribution >= 0.6 is 11.3 Å². The molecule has 2 amide bonds. The highest BCUT2D eigenvalue weighted by atomic mass is 32.1. The largest absolute Gasteiger partial charge is 0.494 e. The first-order chi connectivity index (χ1) is 12.5. The van der Waals surface area contributed by atoms with Crippen LogP contribution in [-0.2, 0) is 4.79 Å². The van der Waals surface area contributed by atoms with E-state index in [2.05, 4.69) is 21.6 Å². The van der Waals surface area contributed by atoms with Crippen LogP contribution in [0.25, 0.3) is 0 Å². The van der Waals surface area contributed by atoms with Crippen LogP contribution < -0.4 is 15.4 Å². The molecule has 0 saturated heterocycles. The van der Waals surface area contributed by atoms with Gasteiger partial charge in [0.05, 0.1) is 19.2 Å². The van der Waals surface area contributed by atoms with Gasteiger partial charge in [0, 0.05) is 17.0 Å². The number of carbonyl (C=O) groups is 2. The number of hydrogen-bond donors (Lipinski definition) is 2. The van der Waals surface area contributed by atoms with Crippen LogP contribution in [0.15, 0.2) is 41.8 Å². The van der Waals surface area contributed by atoms with E-state index < -0.39 is 0 Å². The van der Waals surface area contributed by atoms with E-state index in [0.29, 0.717) is 24.5 Å². The number of rotatable bonds is 9. The highest BCUT2D eigenvalue weighted by Crippen LogP contribution is 2.22. The fourth-order valence-corrected chi connectivity index (χ4v) is 3.35. The Balaban J connectivity index is 1.79. The zero-order chi connectivity index (χ0) is 18.9. The minimum Gasteiger partial charge on any atom is -0.494 e. The Bertz CT molecular complexity index is 699. The average molecular weight is 375 g/mol. The van der Waals surface area contributed by atoms with Crippen LogP contribution in [0.1, 0.15) is 28.2 Å². The summed E-state index contributed by atoms with van der Waals surface area (Å²) in [5.41, 5.74) is 0.492. The van der Waals surface area contributed by atoms with Crippen molar-refractivity contribution in [3.63, 3.8) is 0 Å². The predicted octanol–water partition coefficient (Wildman–Crippen LogP) is 2.30. The number of amides is 2. The number of thiophene rings is 1. The van der Waals surface area contributed by atoms with Gasteiger partial charge in [0.1, 0.15) is 5.75 Å². The Hall–Kier alpha value is -2.38. The third kappa shape index (κ3) is 5.86. The summed E-state index contributed by atoms with van der Waals surface area (Å²) >= 11 is 1.66. The van der Waals surface area contributed by atoms with Crippen molar-refractivity contribution in [2.45, 2.75) is 13.0 Å². The van der Waals surface area contributed by atoms with Crippen LogP contribution in [0.5, 0.6) is 5.75 Å². The highest BCUT2D eigenvalue weighted by Gasteiger charge is 2.16. The molecule has 2 aromatic rings. The zero-order valence-corrected chi connectivity index (χ0v) is 16.1. The lowest BCUT2D eigenvalue weighted by atomic mass is 10.2. The molecule has 1 aromatic carbocycles. The van der Waals surface area contributed by atoms with Crippen molar-refractivity contribution < 1.29 is 14.3 Å². The molecule has 7 heteroatoms. The number of benzene rings is 1. The van der Waals surface area contributed by atoms with E-state index in [1.165, 1.54) is 4.88 Å². The van der Waals surface area contributed by atoms with Gasteiger partial charge in [0.25, 0.3) is 5.91 Å². The lowest BCUT2D eigenvalue weighted by Gasteiger charge is -2.23. The molecule has 140 valence electrons. The van der Waals surface area contributed by atoms with E-state index in [0.717, 1.165) is 0 Å². The molecule has 0 spiro atoms. The first kappa shape index (κ1) is 19.9. The van der Waals surface area contributed by atoms with Gasteiger partial charge in [-0.05, 0) is 56.7 Å². The van der Waals surface area contributed by atoms with Crippen molar-refractivity contribution in [3.8, 4) is 5.75 Å². The SMILES string of the molecule is CCOc1ccc(C(=O)NCC(=O)NC[C@H](c2cccs2)N(C)C)cc1. The maximum atomic E-state index is 12.1. The van der Waals surface area contributed by atoms with E-state index in [1.54, 1.807) is 35.6 Å². The molecule has 0 aliphatic heterocycles. The van der Waals surface area contributed by atoms with Crippen LogP contribution in [-0.4, -0.2) is 50.5 Å². The van der Waals surface area contributed by atoms with Crippen molar-refractivity contribution in [1.82, 2.24) is 15.5 Å². The van der Waals surface area contributed by atoms with Crippen LogP contribution in [0.3, 0.4) is 0 Å². The van der Waals surface area contributed by atoms with Gasteiger partial charge in [-0.1, -0.05) is 6.07 Å². The Kier molecular flexibility index (Phi) is 7.62. The van der Waals surface area contributed by atoms with Crippen molar-refractivity contribution in [2.24, 2.45) is 0 Å². The first-order valence-electron chi connectivity index (χ1n) is 8.48. The van der Waals surface area contributed by atoms with Gasteiger partial charge in [-0.15, -0.1) is 11.3 Å². The Labute approximate surface area is 158 Å². The van der Waals surface area contributed by atoms with Crippen LogP contribution in [0.4, 0.5) is 0 Å². The number of likely N-dealkylation sites (N-methyl/N-ethyl adjacent to an activating group) is 1. The third-order valence-electron chi connectivity index (χ3n) is 3.82. The van der Waals surface area contributed by atoms with Crippen molar-refractivity contribution in [1.29, 1.82) is 0 Å². The van der Waals surface area contributed by atoms with Crippen LogP contribution in [0.2, 0.25) is 0 Å². The number of ether oxygens (including phenoxy) is 1. The predicted molar refractivity (Wildman–Crippen MR) is 104 cm³/mol. The summed E-state index contributed by atoms with van der Waals surface area (Å²) < 4.78 is 5.34. The second-order valence-corrected chi connectivity index (χ2v) is 6.92. The second kappa shape index (κ2) is 9.94. The summed E-state index contributed by atoms with van der Waals surface area (Å²) in [6.07, 6.45) is 0. The molecule has 0 saturated carbocycles. The molecule has 1 heterocycles. The maximum absolute atomic E-state index is 12.1. The third-order valence-corrected chi connectivity index (χ3v) is 4.80. The zero-order valence-electron chi connectivity index (χ0n) is 15.3. The number of carbonyl (C=O) groups excluding carboxylic acids is 2. The summed E-state index contributed by atoms with van der Waals surface area (Å²) in [7, 11) is 3.95. The molecule has 1 aromatic heterocycles. The van der Waals surface area contributed by atoms with Gasteiger partial charge in [-0.3, -0.25) is 9.59 Å². The fourth-order valence-electron chi connectivity index (χ4n) is 2.42. The standard InChI is InChI=1S/C19H25N3O3S/c1-4-25-15-9-7-14(8-10-15)19(24)21-13-18(23)20-12-16(22(2)3)17-6-5-11-26-17/h5-11,16H,4,12-13H2,1-3H3,(H,20,23)(H,21,24)/t16-/m1/s1. The van der Waals surface area contributed by atoms with Crippen molar-refractivity contribution in [3.05, 3.63) is 52.2 Å². The summed E-state index contributed by atoms with van der Waals surface area (Å²) in [5, 5.41) is 7.53. The Morgan fingerprint density at radius 3 is 2.46 bits per heavy atom. The molecular formula is C19H25N3O3S. The molecule has 0 bridgehead atoms. The molecule has 0 radical (unpaired) electrons. The normalized spacial score (nSPS) is 11.8. The monoisotopic (exact) mass is 375 g/mol. The molecule has 0 unspecified atom stereocenters. The molecule has 26 heavy (non-hydrogen) atoms. The van der Waals surface area contributed by atoms with Gasteiger partial charge < -0.3 is 20.3 Å². The molecule has 0 aliphatic rings. The molecule has 1 atom stereocenters. The van der Waals surface area contributed by atoms with Gasteiger partial charge in [-0.25, -0.2) is 0 Å².